The Morgan fingerprint density at radius 3 is 2.00 bits per heavy atom. The van der Waals surface area contributed by atoms with Crippen LogP contribution in [0, 0.1) is 5.92 Å². The summed E-state index contributed by atoms with van der Waals surface area (Å²) in [5.74, 6) is 0.437. The number of Topliss-reactive ketones (excluding diaryl/α,β-unsaturated/α-hetero) is 1. The molecule has 1 aliphatic carbocycles. The number of carbonyl (C=O) groups is 1. The summed E-state index contributed by atoms with van der Waals surface area (Å²) in [6.07, 6.45) is 4.07. The lowest BCUT2D eigenvalue weighted by molar-refractivity contribution is -0.122. The summed E-state index contributed by atoms with van der Waals surface area (Å²) in [7, 11) is -2.53. The van der Waals surface area contributed by atoms with Crippen LogP contribution in [0.2, 0.25) is 5.04 Å². The molecule has 0 radical (unpaired) electrons. The summed E-state index contributed by atoms with van der Waals surface area (Å²) in [4.78, 5) is 12.3. The maximum atomic E-state index is 12.3. The minimum atomic E-state index is -2.53. The van der Waals surface area contributed by atoms with Crippen LogP contribution in [0.3, 0.4) is 0 Å². The highest BCUT2D eigenvalue weighted by Crippen LogP contribution is 2.40. The number of benzene rings is 2. The number of ketones is 1. The van der Waals surface area contributed by atoms with Crippen LogP contribution in [-0.4, -0.2) is 25.5 Å². The molecule has 2 atom stereocenters. The van der Waals surface area contributed by atoms with Crippen molar-refractivity contribution in [3.8, 4) is 0 Å². The van der Waals surface area contributed by atoms with E-state index in [0.29, 0.717) is 11.1 Å². The number of alkyl halides is 1. The molecule has 3 rings (SSSR count). The first-order valence-corrected chi connectivity index (χ1v) is 13.3. The molecule has 2 aromatic carbocycles. The largest absolute Gasteiger partial charge is 0.404 e. The van der Waals surface area contributed by atoms with Gasteiger partial charge in [0.2, 0.25) is 0 Å². The van der Waals surface area contributed by atoms with E-state index in [0.717, 1.165) is 25.7 Å². The Kier molecular flexibility index (Phi) is 6.95. The van der Waals surface area contributed by atoms with Gasteiger partial charge in [0.05, 0.1) is 5.33 Å². The van der Waals surface area contributed by atoms with Crippen molar-refractivity contribution in [3.63, 3.8) is 0 Å². The summed E-state index contributed by atoms with van der Waals surface area (Å²) >= 11 is 3.36. The first-order chi connectivity index (χ1) is 13.4. The molecular weight excluding hydrogens is 428 g/mol. The predicted molar refractivity (Wildman–Crippen MR) is 123 cm³/mol. The molecule has 2 aromatic rings. The summed E-state index contributed by atoms with van der Waals surface area (Å²) in [6.45, 7) is 6.93. The number of hydrogen-bond acceptors (Lipinski definition) is 2. The van der Waals surface area contributed by atoms with Gasteiger partial charge < -0.3 is 4.43 Å². The Bertz CT molecular complexity index is 731. The SMILES string of the molecule is CC(C)(C)[Si](O[C@@H]1CCC[C@@H](C(=O)CBr)C1)(c1ccccc1)c1ccccc1. The lowest BCUT2D eigenvalue weighted by Crippen LogP contribution is -2.68. The van der Waals surface area contributed by atoms with E-state index in [4.69, 9.17) is 4.43 Å². The van der Waals surface area contributed by atoms with E-state index in [1.807, 2.05) is 0 Å². The zero-order chi connectivity index (χ0) is 20.2. The summed E-state index contributed by atoms with van der Waals surface area (Å²) in [5, 5.41) is 3.04. The third kappa shape index (κ3) is 4.34. The van der Waals surface area contributed by atoms with Crippen molar-refractivity contribution in [1.29, 1.82) is 0 Å². The fourth-order valence-corrected chi connectivity index (χ4v) is 9.78. The predicted octanol–water partition coefficient (Wildman–Crippen LogP) is 5.09. The Morgan fingerprint density at radius 2 is 1.54 bits per heavy atom. The summed E-state index contributed by atoms with van der Waals surface area (Å²) in [5.41, 5.74) is 0. The van der Waals surface area contributed by atoms with Crippen LogP contribution in [0.25, 0.3) is 0 Å². The van der Waals surface area contributed by atoms with E-state index < -0.39 is 8.32 Å². The zero-order valence-corrected chi connectivity index (χ0v) is 19.7. The molecule has 0 aromatic heterocycles. The first kappa shape index (κ1) is 21.5. The third-order valence-electron chi connectivity index (χ3n) is 5.97. The Balaban J connectivity index is 2.05. The molecular formula is C24H31BrO2Si. The Morgan fingerprint density at radius 1 is 1.00 bits per heavy atom. The average Bonchev–Trinajstić information content (AvgIpc) is 2.72. The van der Waals surface area contributed by atoms with Crippen LogP contribution < -0.4 is 10.4 Å². The standard InChI is InChI=1S/C24H31BrO2Si/c1-24(2,3)28(21-13-6-4-7-14-21,22-15-8-5-9-16-22)27-20-12-10-11-19(17-20)23(26)18-25/h4-9,13-16,19-20H,10-12,17-18H2,1-3H3/t19-,20-/m1/s1. The quantitative estimate of drug-likeness (QED) is 0.445. The summed E-state index contributed by atoms with van der Waals surface area (Å²) in [6, 6.07) is 21.5. The molecule has 1 fully saturated rings. The van der Waals surface area contributed by atoms with Crippen molar-refractivity contribution in [2.45, 2.75) is 57.6 Å². The van der Waals surface area contributed by atoms with Crippen molar-refractivity contribution >= 4 is 40.4 Å². The number of rotatable bonds is 6. The maximum Gasteiger partial charge on any atom is 0.261 e. The molecule has 2 nitrogen and oxygen atoms in total. The number of hydrogen-bond donors (Lipinski definition) is 0. The summed E-state index contributed by atoms with van der Waals surface area (Å²) < 4.78 is 7.21. The van der Waals surface area contributed by atoms with Gasteiger partial charge in [-0.15, -0.1) is 0 Å². The fourth-order valence-electron chi connectivity index (χ4n) is 4.59. The van der Waals surface area contributed by atoms with E-state index in [1.165, 1.54) is 10.4 Å². The second-order valence-corrected chi connectivity index (χ2v) is 13.7. The highest BCUT2D eigenvalue weighted by atomic mass is 79.9. The van der Waals surface area contributed by atoms with E-state index in [1.54, 1.807) is 0 Å². The highest BCUT2D eigenvalue weighted by Gasteiger charge is 2.51. The molecule has 0 heterocycles. The van der Waals surface area contributed by atoms with Gasteiger partial charge in [-0.05, 0) is 34.7 Å². The van der Waals surface area contributed by atoms with Gasteiger partial charge in [0.25, 0.3) is 8.32 Å². The molecule has 150 valence electrons. The molecule has 0 saturated heterocycles. The van der Waals surface area contributed by atoms with Crippen molar-refractivity contribution in [2.75, 3.05) is 5.33 Å². The fraction of sp³-hybridized carbons (Fsp3) is 0.458. The molecule has 0 aliphatic heterocycles. The van der Waals surface area contributed by atoms with E-state index >= 15 is 0 Å². The minimum Gasteiger partial charge on any atom is -0.404 e. The third-order valence-corrected chi connectivity index (χ3v) is 11.6. The molecule has 28 heavy (non-hydrogen) atoms. The van der Waals surface area contributed by atoms with Gasteiger partial charge >= 0.3 is 0 Å². The van der Waals surface area contributed by atoms with Gasteiger partial charge in [0.15, 0.2) is 0 Å². The van der Waals surface area contributed by atoms with Crippen LogP contribution in [0.4, 0.5) is 0 Å². The van der Waals surface area contributed by atoms with Gasteiger partial charge in [-0.3, -0.25) is 4.79 Å². The molecule has 0 spiro atoms. The van der Waals surface area contributed by atoms with Crippen LogP contribution in [0.15, 0.2) is 60.7 Å². The lowest BCUT2D eigenvalue weighted by Gasteiger charge is -2.46. The minimum absolute atomic E-state index is 0.0257. The van der Waals surface area contributed by atoms with Gasteiger partial charge in [0, 0.05) is 12.0 Å². The Labute approximate surface area is 179 Å². The second-order valence-electron chi connectivity index (χ2n) is 8.87. The second kappa shape index (κ2) is 9.06. The van der Waals surface area contributed by atoms with Crippen molar-refractivity contribution in [1.82, 2.24) is 0 Å². The van der Waals surface area contributed by atoms with E-state index in [-0.39, 0.29) is 17.1 Å². The van der Waals surface area contributed by atoms with Gasteiger partial charge in [-0.25, -0.2) is 0 Å². The maximum absolute atomic E-state index is 12.3. The van der Waals surface area contributed by atoms with Crippen molar-refractivity contribution in [3.05, 3.63) is 60.7 Å². The average molecular weight is 460 g/mol. The first-order valence-electron chi connectivity index (χ1n) is 10.3. The van der Waals surface area contributed by atoms with E-state index in [2.05, 4.69) is 97.4 Å². The number of halogens is 1. The molecule has 0 N–H and O–H groups in total. The van der Waals surface area contributed by atoms with Gasteiger partial charge in [0.1, 0.15) is 5.78 Å². The molecule has 1 saturated carbocycles. The Hall–Kier alpha value is -1.23. The molecule has 0 unspecified atom stereocenters. The van der Waals surface area contributed by atoms with Crippen LogP contribution >= 0.6 is 15.9 Å². The van der Waals surface area contributed by atoms with Crippen LogP contribution in [-0.2, 0) is 9.22 Å². The molecule has 0 bridgehead atoms. The lowest BCUT2D eigenvalue weighted by atomic mass is 9.85. The van der Waals surface area contributed by atoms with Gasteiger partial charge in [-0.2, -0.15) is 0 Å². The highest BCUT2D eigenvalue weighted by molar-refractivity contribution is 9.09. The topological polar surface area (TPSA) is 26.3 Å². The van der Waals surface area contributed by atoms with Crippen LogP contribution in [0.1, 0.15) is 46.5 Å². The smallest absolute Gasteiger partial charge is 0.261 e. The normalized spacial score (nSPS) is 20.7. The molecule has 4 heteroatoms. The number of carbonyl (C=O) groups excluding carboxylic acids is 1. The van der Waals surface area contributed by atoms with Crippen LogP contribution in [0.5, 0.6) is 0 Å². The molecule has 0 amide bonds. The van der Waals surface area contributed by atoms with Gasteiger partial charge in [-0.1, -0.05) is 104 Å². The zero-order valence-electron chi connectivity index (χ0n) is 17.2. The molecule has 1 aliphatic rings. The van der Waals surface area contributed by atoms with E-state index in [9.17, 15) is 4.79 Å². The van der Waals surface area contributed by atoms with Crippen molar-refractivity contribution in [2.24, 2.45) is 5.92 Å². The van der Waals surface area contributed by atoms with Crippen molar-refractivity contribution < 1.29 is 9.22 Å². The monoisotopic (exact) mass is 458 g/mol.